The van der Waals surface area contributed by atoms with Gasteiger partial charge in [0.2, 0.25) is 0 Å². The van der Waals surface area contributed by atoms with E-state index in [0.29, 0.717) is 11.8 Å². The Morgan fingerprint density at radius 3 is 2.71 bits per heavy atom. The number of benzene rings is 1. The smallest absolute Gasteiger partial charge is 0.0994 e. The molecule has 0 amide bonds. The van der Waals surface area contributed by atoms with Crippen LogP contribution in [0.3, 0.4) is 0 Å². The molecule has 1 aromatic rings. The SMILES string of the molecule is CC(C)(C)NCC1CC1c1ccccc1C#N. The minimum atomic E-state index is 0.182. The van der Waals surface area contributed by atoms with E-state index in [-0.39, 0.29) is 5.54 Å². The minimum Gasteiger partial charge on any atom is -0.312 e. The molecule has 2 heteroatoms. The van der Waals surface area contributed by atoms with E-state index in [1.54, 1.807) is 0 Å². The van der Waals surface area contributed by atoms with Crippen molar-refractivity contribution in [2.45, 2.75) is 38.6 Å². The number of hydrogen-bond acceptors (Lipinski definition) is 2. The molecule has 0 bridgehead atoms. The molecular formula is C15H20N2. The maximum Gasteiger partial charge on any atom is 0.0994 e. The molecule has 1 fully saturated rings. The lowest BCUT2D eigenvalue weighted by atomic mass is 10.0. The zero-order valence-electron chi connectivity index (χ0n) is 10.8. The fourth-order valence-electron chi connectivity index (χ4n) is 2.21. The van der Waals surface area contributed by atoms with Crippen LogP contribution in [0.1, 0.15) is 44.2 Å². The first kappa shape index (κ1) is 12.1. The van der Waals surface area contributed by atoms with Gasteiger partial charge in [-0.2, -0.15) is 5.26 Å². The van der Waals surface area contributed by atoms with Crippen molar-refractivity contribution in [3.05, 3.63) is 35.4 Å². The van der Waals surface area contributed by atoms with Crippen LogP contribution in [0.4, 0.5) is 0 Å². The summed E-state index contributed by atoms with van der Waals surface area (Å²) in [6.45, 7) is 7.61. The standard InChI is InChI=1S/C15H20N2/c1-15(2,3)17-10-12-8-14(12)13-7-5-4-6-11(13)9-16/h4-7,12,14,17H,8,10H2,1-3H3. The van der Waals surface area contributed by atoms with Gasteiger partial charge in [-0.3, -0.25) is 0 Å². The Bertz CT molecular complexity index is 437. The van der Waals surface area contributed by atoms with Crippen LogP contribution in [-0.2, 0) is 0 Å². The molecule has 90 valence electrons. The molecule has 1 aliphatic carbocycles. The second kappa shape index (κ2) is 4.50. The molecule has 2 unspecified atom stereocenters. The van der Waals surface area contributed by atoms with Gasteiger partial charge in [-0.25, -0.2) is 0 Å². The Morgan fingerprint density at radius 2 is 2.06 bits per heavy atom. The van der Waals surface area contributed by atoms with E-state index in [2.05, 4.69) is 38.2 Å². The first-order chi connectivity index (χ1) is 8.01. The molecule has 0 aliphatic heterocycles. The van der Waals surface area contributed by atoms with Crippen molar-refractivity contribution < 1.29 is 0 Å². The molecule has 1 aromatic carbocycles. The summed E-state index contributed by atoms with van der Waals surface area (Å²) in [6, 6.07) is 10.3. The summed E-state index contributed by atoms with van der Waals surface area (Å²) in [5, 5.41) is 12.6. The third-order valence-corrected chi connectivity index (χ3v) is 3.30. The monoisotopic (exact) mass is 228 g/mol. The number of nitriles is 1. The van der Waals surface area contributed by atoms with Gasteiger partial charge in [-0.1, -0.05) is 18.2 Å². The van der Waals surface area contributed by atoms with Crippen LogP contribution >= 0.6 is 0 Å². The van der Waals surface area contributed by atoms with Gasteiger partial charge in [0.05, 0.1) is 11.6 Å². The summed E-state index contributed by atoms with van der Waals surface area (Å²) < 4.78 is 0. The number of hydrogen-bond donors (Lipinski definition) is 1. The van der Waals surface area contributed by atoms with Crippen LogP contribution in [0.2, 0.25) is 0 Å². The van der Waals surface area contributed by atoms with Gasteiger partial charge in [-0.15, -0.1) is 0 Å². The van der Waals surface area contributed by atoms with E-state index in [9.17, 15) is 0 Å². The highest BCUT2D eigenvalue weighted by Gasteiger charge is 2.39. The first-order valence-electron chi connectivity index (χ1n) is 6.25. The molecule has 1 N–H and O–H groups in total. The van der Waals surface area contributed by atoms with E-state index in [1.165, 1.54) is 12.0 Å². The van der Waals surface area contributed by atoms with Gasteiger partial charge < -0.3 is 5.32 Å². The topological polar surface area (TPSA) is 35.8 Å². The Morgan fingerprint density at radius 1 is 1.35 bits per heavy atom. The quantitative estimate of drug-likeness (QED) is 0.863. The Labute approximate surface area is 104 Å². The van der Waals surface area contributed by atoms with Gasteiger partial charge in [0.15, 0.2) is 0 Å². The van der Waals surface area contributed by atoms with Crippen LogP contribution in [0.15, 0.2) is 24.3 Å². The fraction of sp³-hybridized carbons (Fsp3) is 0.533. The summed E-state index contributed by atoms with van der Waals surface area (Å²) in [6.07, 6.45) is 1.21. The third-order valence-electron chi connectivity index (χ3n) is 3.30. The minimum absolute atomic E-state index is 0.182. The molecule has 0 saturated heterocycles. The van der Waals surface area contributed by atoms with Gasteiger partial charge in [0.1, 0.15) is 0 Å². The summed E-state index contributed by atoms with van der Waals surface area (Å²) in [5.74, 6) is 1.28. The lowest BCUT2D eigenvalue weighted by Gasteiger charge is -2.20. The van der Waals surface area contributed by atoms with E-state index in [1.807, 2.05) is 18.2 Å². The van der Waals surface area contributed by atoms with Crippen molar-refractivity contribution in [3.8, 4) is 6.07 Å². The lowest BCUT2D eigenvalue weighted by molar-refractivity contribution is 0.414. The van der Waals surface area contributed by atoms with E-state index >= 15 is 0 Å². The molecule has 0 radical (unpaired) electrons. The first-order valence-corrected chi connectivity index (χ1v) is 6.25. The number of rotatable bonds is 3. The highest BCUT2D eigenvalue weighted by molar-refractivity contribution is 5.42. The van der Waals surface area contributed by atoms with Crippen molar-refractivity contribution in [1.82, 2.24) is 5.32 Å². The molecule has 1 aliphatic rings. The predicted molar refractivity (Wildman–Crippen MR) is 69.8 cm³/mol. The molecule has 1 saturated carbocycles. The molecule has 0 spiro atoms. The highest BCUT2D eigenvalue weighted by atomic mass is 15.0. The van der Waals surface area contributed by atoms with Gasteiger partial charge >= 0.3 is 0 Å². The van der Waals surface area contributed by atoms with Crippen LogP contribution in [0.5, 0.6) is 0 Å². The van der Waals surface area contributed by atoms with E-state index in [0.717, 1.165) is 12.1 Å². The second-order valence-electron chi connectivity index (χ2n) is 5.93. The van der Waals surface area contributed by atoms with Crippen LogP contribution in [-0.4, -0.2) is 12.1 Å². The van der Waals surface area contributed by atoms with Crippen LogP contribution in [0, 0.1) is 17.2 Å². The summed E-state index contributed by atoms with van der Waals surface area (Å²) in [5.41, 5.74) is 2.26. The molecule has 2 atom stereocenters. The highest BCUT2D eigenvalue weighted by Crippen LogP contribution is 2.48. The van der Waals surface area contributed by atoms with E-state index < -0.39 is 0 Å². The maximum atomic E-state index is 9.07. The van der Waals surface area contributed by atoms with Crippen molar-refractivity contribution in [2.24, 2.45) is 5.92 Å². The molecular weight excluding hydrogens is 208 g/mol. The Hall–Kier alpha value is -1.33. The molecule has 0 heterocycles. The van der Waals surface area contributed by atoms with Gasteiger partial charge in [-0.05, 0) is 57.2 Å². The normalized spacial score (nSPS) is 23.2. The molecule has 2 nitrogen and oxygen atoms in total. The van der Waals surface area contributed by atoms with Crippen molar-refractivity contribution in [1.29, 1.82) is 5.26 Å². The Balaban J connectivity index is 1.97. The molecule has 0 aromatic heterocycles. The summed E-state index contributed by atoms with van der Waals surface area (Å²) in [7, 11) is 0. The van der Waals surface area contributed by atoms with Crippen molar-refractivity contribution in [2.75, 3.05) is 6.54 Å². The second-order valence-corrected chi connectivity index (χ2v) is 5.93. The average Bonchev–Trinajstić information content (AvgIpc) is 3.05. The predicted octanol–water partition coefficient (Wildman–Crippen LogP) is 3.05. The molecule has 2 rings (SSSR count). The summed E-state index contributed by atoms with van der Waals surface area (Å²) >= 11 is 0. The zero-order chi connectivity index (χ0) is 12.5. The number of nitrogens with zero attached hydrogens (tertiary/aromatic N) is 1. The number of nitrogens with one attached hydrogen (secondary N) is 1. The Kier molecular flexibility index (Phi) is 3.22. The lowest BCUT2D eigenvalue weighted by Crippen LogP contribution is -2.37. The van der Waals surface area contributed by atoms with Gasteiger partial charge in [0.25, 0.3) is 0 Å². The van der Waals surface area contributed by atoms with Crippen molar-refractivity contribution >= 4 is 0 Å². The largest absolute Gasteiger partial charge is 0.312 e. The maximum absolute atomic E-state index is 9.07. The zero-order valence-corrected chi connectivity index (χ0v) is 10.8. The third kappa shape index (κ3) is 3.08. The van der Waals surface area contributed by atoms with Crippen molar-refractivity contribution in [3.63, 3.8) is 0 Å². The average molecular weight is 228 g/mol. The van der Waals surface area contributed by atoms with Gasteiger partial charge in [0, 0.05) is 5.54 Å². The molecule has 17 heavy (non-hydrogen) atoms. The van der Waals surface area contributed by atoms with E-state index in [4.69, 9.17) is 5.26 Å². The van der Waals surface area contributed by atoms with Crippen LogP contribution in [0.25, 0.3) is 0 Å². The summed E-state index contributed by atoms with van der Waals surface area (Å²) in [4.78, 5) is 0. The van der Waals surface area contributed by atoms with Crippen LogP contribution < -0.4 is 5.32 Å². The fourth-order valence-corrected chi connectivity index (χ4v) is 2.21.